The minimum absolute atomic E-state index is 0.0347. The fraction of sp³-hybridized carbons (Fsp3) is 0.267. The van der Waals surface area contributed by atoms with Crippen molar-refractivity contribution >= 4 is 49.0 Å². The number of ketones is 1. The largest absolute Gasteiger partial charge is 0.489 e. The molecular weight excluding hydrogens is 420 g/mol. The quantitative estimate of drug-likeness (QED) is 0.633. The third-order valence-electron chi connectivity index (χ3n) is 3.15. The van der Waals surface area contributed by atoms with Gasteiger partial charge in [0.15, 0.2) is 17.3 Å². The first-order valence-electron chi connectivity index (χ1n) is 6.44. The number of hydrogen-bond donors (Lipinski definition) is 0. The molecule has 0 saturated heterocycles. The molecule has 1 unspecified atom stereocenters. The predicted molar refractivity (Wildman–Crippen MR) is 89.7 cm³/mol. The smallest absolute Gasteiger partial charge is 0.195 e. The van der Waals surface area contributed by atoms with Gasteiger partial charge < -0.3 is 9.47 Å². The van der Waals surface area contributed by atoms with Gasteiger partial charge in [-0.1, -0.05) is 6.92 Å². The normalized spacial score (nSPS) is 17.4. The van der Waals surface area contributed by atoms with Gasteiger partial charge in [-0.15, -0.1) is 11.3 Å². The second kappa shape index (κ2) is 6.10. The molecule has 0 N–H and O–H groups in total. The van der Waals surface area contributed by atoms with Crippen LogP contribution < -0.4 is 9.47 Å². The molecule has 1 aromatic carbocycles. The summed E-state index contributed by atoms with van der Waals surface area (Å²) in [6, 6.07) is 7.16. The summed E-state index contributed by atoms with van der Waals surface area (Å²) in [6.07, 6.45) is 0. The van der Waals surface area contributed by atoms with Crippen LogP contribution in [0.15, 0.2) is 31.8 Å². The number of benzene rings is 1. The molecule has 0 saturated carbocycles. The highest BCUT2D eigenvalue weighted by Crippen LogP contribution is 2.36. The first kappa shape index (κ1) is 15.1. The number of thiophene rings is 1. The summed E-state index contributed by atoms with van der Waals surface area (Å²) < 4.78 is 13.1. The van der Waals surface area contributed by atoms with Gasteiger partial charge in [0.05, 0.1) is 20.8 Å². The van der Waals surface area contributed by atoms with Crippen molar-refractivity contribution in [1.29, 1.82) is 0 Å². The van der Waals surface area contributed by atoms with E-state index in [1.54, 1.807) is 18.2 Å². The van der Waals surface area contributed by atoms with Crippen LogP contribution in [0.5, 0.6) is 11.5 Å². The van der Waals surface area contributed by atoms with E-state index in [1.165, 1.54) is 11.3 Å². The number of hydrogen-bond acceptors (Lipinski definition) is 4. The van der Waals surface area contributed by atoms with E-state index in [1.807, 2.05) is 6.07 Å². The van der Waals surface area contributed by atoms with Crippen molar-refractivity contribution in [3.63, 3.8) is 0 Å². The molecule has 0 aliphatic carbocycles. The van der Waals surface area contributed by atoms with E-state index in [-0.39, 0.29) is 5.78 Å². The number of ether oxygens (including phenoxy) is 2. The van der Waals surface area contributed by atoms with E-state index in [9.17, 15) is 4.79 Å². The zero-order chi connectivity index (χ0) is 15.0. The van der Waals surface area contributed by atoms with Crippen LogP contribution in [0.4, 0.5) is 0 Å². The van der Waals surface area contributed by atoms with Crippen molar-refractivity contribution in [2.75, 3.05) is 13.2 Å². The number of carbonyl (C=O) groups excluding carboxylic acids is 1. The summed E-state index contributed by atoms with van der Waals surface area (Å²) in [5.74, 6) is 1.63. The molecule has 0 radical (unpaired) electrons. The summed E-state index contributed by atoms with van der Waals surface area (Å²) in [7, 11) is 0. The minimum atomic E-state index is -0.0347. The van der Waals surface area contributed by atoms with E-state index in [4.69, 9.17) is 9.47 Å². The summed E-state index contributed by atoms with van der Waals surface area (Å²) in [6.45, 7) is 3.29. The van der Waals surface area contributed by atoms with E-state index in [2.05, 4.69) is 38.8 Å². The van der Waals surface area contributed by atoms with Gasteiger partial charge in [0.2, 0.25) is 0 Å². The molecule has 2 heterocycles. The summed E-state index contributed by atoms with van der Waals surface area (Å²) in [5.41, 5.74) is 1.24. The first-order chi connectivity index (χ1) is 10.0. The Balaban J connectivity index is 1.93. The number of fused-ring (bicyclic) bond motifs is 1. The molecule has 0 spiro atoms. The zero-order valence-electron chi connectivity index (χ0n) is 11.2. The third kappa shape index (κ3) is 3.17. The standard InChI is InChI=1S/C15H12Br2O3S/c1-8-6-19-11-3-2-9(4-12(11)20-7-8)14(18)10-5-13(16)21-15(10)17/h2-5,8H,6-7H2,1H3. The molecule has 21 heavy (non-hydrogen) atoms. The lowest BCUT2D eigenvalue weighted by molar-refractivity contribution is 0.103. The molecular formula is C15H12Br2O3S. The Labute approximate surface area is 143 Å². The molecule has 1 aromatic heterocycles. The SMILES string of the molecule is CC1COc2ccc(C(=O)c3cc(Br)sc3Br)cc2OC1. The van der Waals surface area contributed by atoms with Gasteiger partial charge in [-0.05, 0) is 56.1 Å². The highest BCUT2D eigenvalue weighted by molar-refractivity contribution is 9.12. The number of rotatable bonds is 2. The minimum Gasteiger partial charge on any atom is -0.489 e. The number of carbonyl (C=O) groups is 1. The van der Waals surface area contributed by atoms with Crippen LogP contribution in [0.3, 0.4) is 0 Å². The fourth-order valence-corrected chi connectivity index (χ4v) is 4.84. The Morgan fingerprint density at radius 1 is 1.19 bits per heavy atom. The molecule has 1 aliphatic heterocycles. The molecule has 1 aliphatic rings. The van der Waals surface area contributed by atoms with E-state index >= 15 is 0 Å². The molecule has 1 atom stereocenters. The second-order valence-corrected chi connectivity index (χ2v) is 8.71. The predicted octanol–water partition coefficient (Wildman–Crippen LogP) is 4.91. The Morgan fingerprint density at radius 3 is 2.57 bits per heavy atom. The lowest BCUT2D eigenvalue weighted by atomic mass is 10.1. The second-order valence-electron chi connectivity index (χ2n) is 4.96. The van der Waals surface area contributed by atoms with Crippen molar-refractivity contribution in [2.24, 2.45) is 5.92 Å². The van der Waals surface area contributed by atoms with Gasteiger partial charge >= 0.3 is 0 Å². The summed E-state index contributed by atoms with van der Waals surface area (Å²) >= 11 is 8.30. The van der Waals surface area contributed by atoms with Crippen LogP contribution >= 0.6 is 43.2 Å². The molecule has 0 bridgehead atoms. The van der Waals surface area contributed by atoms with E-state index in [0.717, 1.165) is 7.57 Å². The van der Waals surface area contributed by atoms with Crippen molar-refractivity contribution in [2.45, 2.75) is 6.92 Å². The van der Waals surface area contributed by atoms with E-state index in [0.29, 0.717) is 41.8 Å². The summed E-state index contributed by atoms with van der Waals surface area (Å²) in [4.78, 5) is 12.6. The average molecular weight is 432 g/mol. The molecule has 6 heteroatoms. The highest BCUT2D eigenvalue weighted by atomic mass is 79.9. The third-order valence-corrected chi connectivity index (χ3v) is 5.49. The van der Waals surface area contributed by atoms with Gasteiger partial charge in [0.25, 0.3) is 0 Å². The summed E-state index contributed by atoms with van der Waals surface area (Å²) in [5, 5.41) is 0. The maximum absolute atomic E-state index is 12.6. The topological polar surface area (TPSA) is 35.5 Å². The monoisotopic (exact) mass is 430 g/mol. The van der Waals surface area contributed by atoms with Gasteiger partial charge in [-0.25, -0.2) is 0 Å². The van der Waals surface area contributed by atoms with Gasteiger partial charge in [-0.2, -0.15) is 0 Å². The fourth-order valence-electron chi connectivity index (χ4n) is 2.04. The molecule has 0 amide bonds. The van der Waals surface area contributed by atoms with Gasteiger partial charge in [0.1, 0.15) is 0 Å². The lowest BCUT2D eigenvalue weighted by Gasteiger charge is -2.08. The van der Waals surface area contributed by atoms with Crippen molar-refractivity contribution in [1.82, 2.24) is 0 Å². The molecule has 3 rings (SSSR count). The van der Waals surface area contributed by atoms with Crippen molar-refractivity contribution < 1.29 is 14.3 Å². The maximum Gasteiger partial charge on any atom is 0.195 e. The van der Waals surface area contributed by atoms with Crippen LogP contribution in [-0.4, -0.2) is 19.0 Å². The van der Waals surface area contributed by atoms with Crippen molar-refractivity contribution in [3.05, 3.63) is 43.0 Å². The van der Waals surface area contributed by atoms with Crippen molar-refractivity contribution in [3.8, 4) is 11.5 Å². The first-order valence-corrected chi connectivity index (χ1v) is 8.84. The Morgan fingerprint density at radius 2 is 1.90 bits per heavy atom. The Kier molecular flexibility index (Phi) is 4.38. The van der Waals surface area contributed by atoms with Gasteiger partial charge in [0, 0.05) is 17.0 Å². The molecule has 2 aromatic rings. The van der Waals surface area contributed by atoms with Gasteiger partial charge in [-0.3, -0.25) is 4.79 Å². The van der Waals surface area contributed by atoms with Crippen LogP contribution in [0.1, 0.15) is 22.8 Å². The van der Waals surface area contributed by atoms with Crippen LogP contribution in [0, 0.1) is 5.92 Å². The van der Waals surface area contributed by atoms with E-state index < -0.39 is 0 Å². The lowest BCUT2D eigenvalue weighted by Crippen LogP contribution is -2.12. The van der Waals surface area contributed by atoms with Crippen LogP contribution in [0.2, 0.25) is 0 Å². The molecule has 0 fully saturated rings. The number of halogens is 2. The maximum atomic E-state index is 12.6. The Bertz CT molecular complexity index is 696. The highest BCUT2D eigenvalue weighted by Gasteiger charge is 2.20. The Hall–Kier alpha value is -0.850. The van der Waals surface area contributed by atoms with Crippen LogP contribution in [0.25, 0.3) is 0 Å². The van der Waals surface area contributed by atoms with Crippen LogP contribution in [-0.2, 0) is 0 Å². The molecule has 110 valence electrons. The average Bonchev–Trinajstić information content (AvgIpc) is 2.69. The zero-order valence-corrected chi connectivity index (χ0v) is 15.2. The molecule has 3 nitrogen and oxygen atoms in total.